The van der Waals surface area contributed by atoms with Crippen molar-refractivity contribution in [1.82, 2.24) is 10.2 Å². The first-order chi connectivity index (χ1) is 12.0. The Labute approximate surface area is 145 Å². The van der Waals surface area contributed by atoms with E-state index in [0.29, 0.717) is 24.3 Å². The standard InChI is InChI=1S/C18H21N3O4/c19-13-2-1-3-15(13)25-11-4-5-12-10(8-11)9-21(18(12)24)14-6-7-16(22)20-17(14)23/h4-5,8,13-15H,1-3,6-7,9,19H2,(H,20,22,23)/t13-,14?,15?/m0/s1. The van der Waals surface area contributed by atoms with Crippen LogP contribution in [0.25, 0.3) is 0 Å². The third-order valence-electron chi connectivity index (χ3n) is 5.29. The van der Waals surface area contributed by atoms with Crippen LogP contribution < -0.4 is 15.8 Å². The van der Waals surface area contributed by atoms with Crippen molar-refractivity contribution in [3.05, 3.63) is 29.3 Å². The Bertz CT molecular complexity index is 748. The minimum Gasteiger partial charge on any atom is -0.489 e. The Morgan fingerprint density at radius 3 is 2.72 bits per heavy atom. The molecule has 1 aromatic carbocycles. The molecule has 0 aromatic heterocycles. The fourth-order valence-corrected chi connectivity index (χ4v) is 3.90. The molecule has 1 aliphatic carbocycles. The molecule has 7 heteroatoms. The van der Waals surface area contributed by atoms with E-state index in [1.807, 2.05) is 6.07 Å². The first-order valence-electron chi connectivity index (χ1n) is 8.73. The number of nitrogens with zero attached hydrogens (tertiary/aromatic N) is 1. The van der Waals surface area contributed by atoms with Crippen LogP contribution in [0.2, 0.25) is 0 Å². The number of carbonyl (C=O) groups is 3. The molecule has 4 rings (SSSR count). The van der Waals surface area contributed by atoms with Gasteiger partial charge >= 0.3 is 0 Å². The summed E-state index contributed by atoms with van der Waals surface area (Å²) >= 11 is 0. The molecule has 3 amide bonds. The Morgan fingerprint density at radius 2 is 2.00 bits per heavy atom. The molecule has 3 atom stereocenters. The lowest BCUT2D eigenvalue weighted by Crippen LogP contribution is -2.52. The predicted molar refractivity (Wildman–Crippen MR) is 88.7 cm³/mol. The van der Waals surface area contributed by atoms with E-state index in [-0.39, 0.29) is 30.4 Å². The third-order valence-corrected chi connectivity index (χ3v) is 5.29. The SMILES string of the molecule is N[C@H]1CCCC1Oc1ccc2c(c1)CN(C1CCC(=O)NC1=O)C2=O. The van der Waals surface area contributed by atoms with Crippen LogP contribution in [0.5, 0.6) is 5.75 Å². The van der Waals surface area contributed by atoms with Gasteiger partial charge in [0.05, 0.1) is 0 Å². The summed E-state index contributed by atoms with van der Waals surface area (Å²) < 4.78 is 5.99. The summed E-state index contributed by atoms with van der Waals surface area (Å²) in [6.07, 6.45) is 3.62. The number of hydrogen-bond acceptors (Lipinski definition) is 5. The maximum atomic E-state index is 12.6. The van der Waals surface area contributed by atoms with Gasteiger partial charge in [0.2, 0.25) is 11.8 Å². The maximum absolute atomic E-state index is 12.6. The number of imide groups is 1. The Morgan fingerprint density at radius 1 is 1.16 bits per heavy atom. The van der Waals surface area contributed by atoms with Gasteiger partial charge in [-0.05, 0) is 49.4 Å². The van der Waals surface area contributed by atoms with Crippen LogP contribution in [0.1, 0.15) is 48.0 Å². The highest BCUT2D eigenvalue weighted by Crippen LogP contribution is 2.31. The molecule has 1 aromatic rings. The molecule has 2 unspecified atom stereocenters. The molecule has 132 valence electrons. The number of ether oxygens (including phenoxy) is 1. The lowest BCUT2D eigenvalue weighted by Gasteiger charge is -2.29. The average Bonchev–Trinajstić information content (AvgIpc) is 3.12. The highest BCUT2D eigenvalue weighted by molar-refractivity contribution is 6.05. The normalized spacial score (nSPS) is 28.9. The van der Waals surface area contributed by atoms with Crippen molar-refractivity contribution in [2.24, 2.45) is 5.73 Å². The Kier molecular flexibility index (Phi) is 3.95. The fraction of sp³-hybridized carbons (Fsp3) is 0.500. The van der Waals surface area contributed by atoms with Crippen LogP contribution in [-0.4, -0.2) is 40.8 Å². The number of hydrogen-bond donors (Lipinski definition) is 2. The molecule has 1 saturated carbocycles. The number of benzene rings is 1. The number of nitrogens with two attached hydrogens (primary N) is 1. The van der Waals surface area contributed by atoms with Crippen LogP contribution in [0.3, 0.4) is 0 Å². The number of piperidine rings is 1. The summed E-state index contributed by atoms with van der Waals surface area (Å²) in [4.78, 5) is 37.5. The van der Waals surface area contributed by atoms with Gasteiger partial charge in [0.25, 0.3) is 5.91 Å². The molecule has 0 radical (unpaired) electrons. The highest BCUT2D eigenvalue weighted by atomic mass is 16.5. The third kappa shape index (κ3) is 2.89. The summed E-state index contributed by atoms with van der Waals surface area (Å²) in [6.45, 7) is 0.356. The van der Waals surface area contributed by atoms with Crippen LogP contribution in [-0.2, 0) is 16.1 Å². The van der Waals surface area contributed by atoms with Crippen LogP contribution in [0.4, 0.5) is 0 Å². The molecular weight excluding hydrogens is 322 g/mol. The van der Waals surface area contributed by atoms with Crippen molar-refractivity contribution >= 4 is 17.7 Å². The quantitative estimate of drug-likeness (QED) is 0.787. The maximum Gasteiger partial charge on any atom is 0.255 e. The van der Waals surface area contributed by atoms with Crippen LogP contribution in [0.15, 0.2) is 18.2 Å². The van der Waals surface area contributed by atoms with Crippen molar-refractivity contribution in [2.45, 2.75) is 56.8 Å². The molecule has 2 fully saturated rings. The minimum atomic E-state index is -0.592. The zero-order chi connectivity index (χ0) is 17.6. The zero-order valence-corrected chi connectivity index (χ0v) is 13.9. The smallest absolute Gasteiger partial charge is 0.255 e. The van der Waals surface area contributed by atoms with Gasteiger partial charge in [0.1, 0.15) is 17.9 Å². The van der Waals surface area contributed by atoms with E-state index in [1.54, 1.807) is 12.1 Å². The van der Waals surface area contributed by atoms with Crippen molar-refractivity contribution in [2.75, 3.05) is 0 Å². The Hall–Kier alpha value is -2.41. The second-order valence-corrected chi connectivity index (χ2v) is 6.97. The summed E-state index contributed by atoms with van der Waals surface area (Å²) in [6, 6.07) is 4.86. The van der Waals surface area contributed by atoms with Gasteiger partial charge in [0, 0.05) is 24.6 Å². The van der Waals surface area contributed by atoms with Gasteiger partial charge in [0.15, 0.2) is 0 Å². The van der Waals surface area contributed by atoms with Crippen molar-refractivity contribution in [3.63, 3.8) is 0 Å². The largest absolute Gasteiger partial charge is 0.489 e. The predicted octanol–water partition coefficient (Wildman–Crippen LogP) is 0.706. The number of rotatable bonds is 3. The Balaban J connectivity index is 1.51. The average molecular weight is 343 g/mol. The molecule has 2 heterocycles. The molecule has 1 saturated heterocycles. The topological polar surface area (TPSA) is 102 Å². The molecule has 0 spiro atoms. The second kappa shape index (κ2) is 6.15. The lowest BCUT2D eigenvalue weighted by atomic mass is 10.0. The van der Waals surface area contributed by atoms with Crippen molar-refractivity contribution < 1.29 is 19.1 Å². The summed E-state index contributed by atoms with van der Waals surface area (Å²) in [5, 5.41) is 2.31. The first-order valence-corrected chi connectivity index (χ1v) is 8.73. The van der Waals surface area contributed by atoms with Gasteiger partial charge in [-0.25, -0.2) is 0 Å². The number of carbonyl (C=O) groups excluding carboxylic acids is 3. The van der Waals surface area contributed by atoms with E-state index in [2.05, 4.69) is 5.32 Å². The molecule has 7 nitrogen and oxygen atoms in total. The molecular formula is C18H21N3O4. The van der Waals surface area contributed by atoms with Crippen molar-refractivity contribution in [3.8, 4) is 5.75 Å². The molecule has 2 aliphatic heterocycles. The van der Waals surface area contributed by atoms with E-state index in [0.717, 1.165) is 24.8 Å². The highest BCUT2D eigenvalue weighted by Gasteiger charge is 2.39. The van der Waals surface area contributed by atoms with Gasteiger partial charge < -0.3 is 15.4 Å². The van der Waals surface area contributed by atoms with E-state index in [9.17, 15) is 14.4 Å². The number of fused-ring (bicyclic) bond motifs is 1. The first kappa shape index (κ1) is 16.1. The van der Waals surface area contributed by atoms with E-state index in [1.165, 1.54) is 4.90 Å². The number of amides is 3. The summed E-state index contributed by atoms with van der Waals surface area (Å²) in [5.74, 6) is -0.146. The summed E-state index contributed by atoms with van der Waals surface area (Å²) in [7, 11) is 0. The summed E-state index contributed by atoms with van der Waals surface area (Å²) in [5.41, 5.74) is 7.49. The monoisotopic (exact) mass is 343 g/mol. The molecule has 0 bridgehead atoms. The zero-order valence-electron chi connectivity index (χ0n) is 13.9. The lowest BCUT2D eigenvalue weighted by molar-refractivity contribution is -0.136. The van der Waals surface area contributed by atoms with Crippen molar-refractivity contribution in [1.29, 1.82) is 0 Å². The van der Waals surface area contributed by atoms with E-state index >= 15 is 0 Å². The minimum absolute atomic E-state index is 0.0152. The van der Waals surface area contributed by atoms with Gasteiger partial charge in [-0.2, -0.15) is 0 Å². The molecule has 3 aliphatic rings. The second-order valence-electron chi connectivity index (χ2n) is 6.97. The van der Waals surface area contributed by atoms with Gasteiger partial charge in [-0.3, -0.25) is 19.7 Å². The van der Waals surface area contributed by atoms with Crippen LogP contribution >= 0.6 is 0 Å². The molecule has 3 N–H and O–H groups in total. The number of nitrogens with one attached hydrogen (secondary N) is 1. The van der Waals surface area contributed by atoms with E-state index < -0.39 is 11.9 Å². The molecule has 25 heavy (non-hydrogen) atoms. The van der Waals surface area contributed by atoms with E-state index in [4.69, 9.17) is 10.5 Å². The van der Waals surface area contributed by atoms with Crippen LogP contribution in [0, 0.1) is 0 Å². The van der Waals surface area contributed by atoms with Gasteiger partial charge in [-0.1, -0.05) is 0 Å². The fourth-order valence-electron chi connectivity index (χ4n) is 3.90. The van der Waals surface area contributed by atoms with Gasteiger partial charge in [-0.15, -0.1) is 0 Å².